The van der Waals surface area contributed by atoms with Gasteiger partial charge >= 0.3 is 10.2 Å². The van der Waals surface area contributed by atoms with Gasteiger partial charge in [0, 0.05) is 42.8 Å². The molecular formula is C24H25F8N3O4S. The topological polar surface area (TPSA) is 103 Å². The average molecular weight is 604 g/mol. The second-order valence-electron chi connectivity index (χ2n) is 10.1. The molecule has 16 heteroatoms. The van der Waals surface area contributed by atoms with E-state index in [0.717, 1.165) is 18.5 Å². The van der Waals surface area contributed by atoms with Gasteiger partial charge in [-0.3, -0.25) is 19.5 Å². The molecule has 1 heterocycles. The van der Waals surface area contributed by atoms with E-state index in [1.165, 1.54) is 0 Å². The van der Waals surface area contributed by atoms with Crippen molar-refractivity contribution in [2.24, 2.45) is 5.92 Å². The number of carbonyl (C=O) groups excluding carboxylic acids is 2. The lowest BCUT2D eigenvalue weighted by atomic mass is 9.77. The Morgan fingerprint density at radius 1 is 0.975 bits per heavy atom. The molecule has 222 valence electrons. The first-order valence-corrected chi connectivity index (χ1v) is 14.0. The Hall–Kier alpha value is -2.98. The van der Waals surface area contributed by atoms with E-state index in [2.05, 4.69) is 10.3 Å². The Bertz CT molecular complexity index is 1300. The molecule has 7 nitrogen and oxygen atoms in total. The number of aliphatic hydroxyl groups is 2. The maximum Gasteiger partial charge on any atom is 0.310 e. The predicted octanol–water partition coefficient (Wildman–Crippen LogP) is 5.74. The van der Waals surface area contributed by atoms with Crippen LogP contribution in [-0.4, -0.2) is 44.8 Å². The van der Waals surface area contributed by atoms with E-state index in [4.69, 9.17) is 0 Å². The lowest BCUT2D eigenvalue weighted by Crippen LogP contribution is -2.57. The van der Waals surface area contributed by atoms with Gasteiger partial charge in [0.25, 0.3) is 0 Å². The lowest BCUT2D eigenvalue weighted by molar-refractivity contribution is -0.247. The van der Waals surface area contributed by atoms with Crippen molar-refractivity contribution in [3.63, 3.8) is 0 Å². The molecule has 0 bridgehead atoms. The van der Waals surface area contributed by atoms with E-state index >= 15 is 0 Å². The Morgan fingerprint density at radius 2 is 1.57 bits per heavy atom. The van der Waals surface area contributed by atoms with Crippen LogP contribution in [0.1, 0.15) is 50.1 Å². The third kappa shape index (κ3) is 6.49. The minimum Gasteiger partial charge on any atom is -0.365 e. The van der Waals surface area contributed by atoms with Crippen molar-refractivity contribution in [1.29, 1.82) is 0 Å². The zero-order chi connectivity index (χ0) is 29.8. The quantitative estimate of drug-likeness (QED) is 0.277. The fourth-order valence-electron chi connectivity index (χ4n) is 4.76. The summed E-state index contributed by atoms with van der Waals surface area (Å²) in [5.41, 5.74) is -0.831. The van der Waals surface area contributed by atoms with E-state index in [1.54, 1.807) is 0 Å². The molecule has 2 fully saturated rings. The zero-order valence-corrected chi connectivity index (χ0v) is 21.4. The van der Waals surface area contributed by atoms with Crippen molar-refractivity contribution in [3.8, 4) is 0 Å². The summed E-state index contributed by atoms with van der Waals surface area (Å²) in [5.74, 6) is -10.3. The molecule has 0 saturated heterocycles. The van der Waals surface area contributed by atoms with Crippen LogP contribution in [0.15, 0.2) is 47.6 Å². The number of amides is 2. The molecule has 1 aromatic heterocycles. The second kappa shape index (κ2) is 9.27. The summed E-state index contributed by atoms with van der Waals surface area (Å²) >= 11 is 0. The summed E-state index contributed by atoms with van der Waals surface area (Å²) in [4.78, 5) is 29.0. The number of carbonyl (C=O) groups is 2. The zero-order valence-electron chi connectivity index (χ0n) is 20.6. The van der Waals surface area contributed by atoms with Crippen LogP contribution in [0, 0.1) is 11.7 Å². The number of anilines is 1. The first kappa shape index (κ1) is 30.0. The first-order valence-electron chi connectivity index (χ1n) is 12.1. The van der Waals surface area contributed by atoms with Crippen LogP contribution in [0.5, 0.6) is 0 Å². The highest BCUT2D eigenvalue weighted by atomic mass is 32.5. The van der Waals surface area contributed by atoms with E-state index in [1.807, 2.05) is 0 Å². The Kier molecular flexibility index (Phi) is 6.95. The Morgan fingerprint density at radius 3 is 2.05 bits per heavy atom. The number of hydrogen-bond donors (Lipinski definition) is 3. The van der Waals surface area contributed by atoms with E-state index in [-0.39, 0.29) is 43.4 Å². The Labute approximate surface area is 222 Å². The van der Waals surface area contributed by atoms with Crippen molar-refractivity contribution in [1.82, 2.24) is 10.3 Å². The van der Waals surface area contributed by atoms with Crippen LogP contribution in [-0.2, 0) is 9.59 Å². The highest BCUT2D eigenvalue weighted by Crippen LogP contribution is 3.02. The normalized spacial score (nSPS) is 23.2. The van der Waals surface area contributed by atoms with Crippen LogP contribution in [0.2, 0.25) is 0 Å². The number of halogens is 8. The lowest BCUT2D eigenvalue weighted by Gasteiger charge is -2.44. The van der Waals surface area contributed by atoms with Gasteiger partial charge in [0.05, 0.1) is 12.1 Å². The smallest absolute Gasteiger partial charge is 0.310 e. The molecule has 2 aromatic rings. The highest BCUT2D eigenvalue weighted by Gasteiger charge is 2.65. The summed E-state index contributed by atoms with van der Waals surface area (Å²) in [6.45, 7) is 0. The van der Waals surface area contributed by atoms with Gasteiger partial charge in [0.2, 0.25) is 17.7 Å². The molecule has 3 N–H and O–H groups in total. The van der Waals surface area contributed by atoms with E-state index in [0.29, 0.717) is 17.0 Å². The number of hydrogen-bond acceptors (Lipinski definition) is 5. The molecule has 0 radical (unpaired) electrons. The fraction of sp³-hybridized carbons (Fsp3) is 0.458. The van der Waals surface area contributed by atoms with Crippen LogP contribution in [0.4, 0.5) is 38.3 Å². The van der Waals surface area contributed by atoms with Gasteiger partial charge < -0.3 is 15.5 Å². The van der Waals surface area contributed by atoms with E-state index in [9.17, 15) is 52.4 Å². The molecule has 40 heavy (non-hydrogen) atoms. The number of alkyl halides is 2. The van der Waals surface area contributed by atoms with Gasteiger partial charge in [-0.2, -0.15) is 0 Å². The minimum atomic E-state index is -10.1. The number of aromatic nitrogens is 1. The summed E-state index contributed by atoms with van der Waals surface area (Å²) in [7, 11) is -10.1. The third-order valence-electron chi connectivity index (χ3n) is 7.07. The van der Waals surface area contributed by atoms with Crippen molar-refractivity contribution < 1.29 is 52.4 Å². The van der Waals surface area contributed by atoms with Gasteiger partial charge in [-0.25, -0.2) is 13.2 Å². The molecule has 0 spiro atoms. The van der Waals surface area contributed by atoms with Crippen molar-refractivity contribution in [3.05, 3.63) is 54.1 Å². The predicted molar refractivity (Wildman–Crippen MR) is 127 cm³/mol. The number of benzene rings is 1. The molecular weight excluding hydrogens is 578 g/mol. The largest absolute Gasteiger partial charge is 0.365 e. The number of rotatable bonds is 7. The molecule has 2 aliphatic rings. The Balaban J connectivity index is 1.79. The van der Waals surface area contributed by atoms with Gasteiger partial charge in [-0.1, -0.05) is 19.4 Å². The van der Waals surface area contributed by atoms with Gasteiger partial charge in [0.15, 0.2) is 5.79 Å². The molecule has 4 rings (SSSR count). The molecule has 1 aromatic carbocycles. The molecule has 0 aliphatic heterocycles. The molecule has 2 saturated carbocycles. The summed E-state index contributed by atoms with van der Waals surface area (Å²) in [6.07, 6.45) is -0.0526. The fourth-order valence-corrected chi connectivity index (χ4v) is 5.41. The average Bonchev–Trinajstić information content (AvgIpc) is 2.81. The summed E-state index contributed by atoms with van der Waals surface area (Å²) in [5, 5.41) is 22.7. The number of nitrogens with zero attached hydrogens (tertiary/aromatic N) is 2. The molecule has 2 aliphatic carbocycles. The van der Waals surface area contributed by atoms with Gasteiger partial charge in [-0.05, 0) is 49.6 Å². The standard InChI is InChI=1S/C24H25F8N3O4S/c25-15-11-14(12-33-13-15)20(21(36)34-16-5-8-23(26,27)9-6-16)35(22(37)19-7-10-24(19,38)39)17-1-3-18(4-2-17)40(28,29,30,31)32/h1-4,11-13,16,19-20,38-39H,5-10H2,(H,34,36). The molecule has 2 amide bonds. The minimum absolute atomic E-state index is 0.00505. The first-order chi connectivity index (χ1) is 18.2. The van der Waals surface area contributed by atoms with Crippen molar-refractivity contribution in [2.45, 2.75) is 67.2 Å². The summed E-state index contributed by atoms with van der Waals surface area (Å²) in [6, 6.07) is -0.914. The second-order valence-corrected chi connectivity index (χ2v) is 12.5. The van der Waals surface area contributed by atoms with Crippen LogP contribution < -0.4 is 10.2 Å². The third-order valence-corrected chi connectivity index (χ3v) is 8.23. The van der Waals surface area contributed by atoms with Crippen LogP contribution in [0.3, 0.4) is 0 Å². The van der Waals surface area contributed by atoms with Crippen molar-refractivity contribution in [2.75, 3.05) is 4.90 Å². The maximum atomic E-state index is 14.2. The molecule has 2 atom stereocenters. The highest BCUT2D eigenvalue weighted by molar-refractivity contribution is 8.45. The van der Waals surface area contributed by atoms with Gasteiger partial charge in [-0.15, -0.1) is 0 Å². The maximum absolute atomic E-state index is 14.2. The SMILES string of the molecule is O=C(NC1CCC(F)(F)CC1)C(c1cncc(F)c1)N(C(=O)C1CCC1(O)O)c1ccc(S(F)(F)(F)(F)F)cc1. The number of pyridine rings is 1. The van der Waals surface area contributed by atoms with E-state index < -0.39 is 81.0 Å². The number of nitrogens with one attached hydrogen (secondary N) is 1. The van der Waals surface area contributed by atoms with Crippen molar-refractivity contribution >= 4 is 27.7 Å². The van der Waals surface area contributed by atoms with Crippen LogP contribution in [0.25, 0.3) is 0 Å². The molecule has 2 unspecified atom stereocenters. The monoisotopic (exact) mass is 603 g/mol. The summed E-state index contributed by atoms with van der Waals surface area (Å²) < 4.78 is 108. The van der Waals surface area contributed by atoms with Gasteiger partial charge in [0.1, 0.15) is 16.8 Å². The van der Waals surface area contributed by atoms with Crippen LogP contribution >= 0.6 is 10.2 Å².